The van der Waals surface area contributed by atoms with E-state index in [0.717, 1.165) is 11.4 Å². The van der Waals surface area contributed by atoms with Crippen LogP contribution in [0.15, 0.2) is 53.2 Å². The van der Waals surface area contributed by atoms with Crippen molar-refractivity contribution in [1.29, 1.82) is 0 Å². The lowest BCUT2D eigenvalue weighted by atomic mass is 10.0. The molecule has 0 fully saturated rings. The molecule has 0 saturated carbocycles. The van der Waals surface area contributed by atoms with Gasteiger partial charge in [-0.25, -0.2) is 17.5 Å². The largest absolute Gasteiger partial charge is 0.424 e. The van der Waals surface area contributed by atoms with Crippen LogP contribution in [0.3, 0.4) is 0 Å². The second-order valence-electron chi connectivity index (χ2n) is 4.27. The Kier molecular flexibility index (Phi) is 3.66. The Hall–Kier alpha value is -1.96. The molecule has 1 unspecified atom stereocenters. The summed E-state index contributed by atoms with van der Waals surface area (Å²) < 4.78 is 0. The number of aryl methyl sites for hydroxylation is 1. The smallest absolute Gasteiger partial charge is 0.0769 e. The fraction of sp³-hybridized carbons (Fsp3) is 0.200. The van der Waals surface area contributed by atoms with Crippen molar-refractivity contribution in [2.75, 3.05) is 0 Å². The van der Waals surface area contributed by atoms with Gasteiger partial charge >= 0.3 is 0 Å². The van der Waals surface area contributed by atoms with E-state index in [9.17, 15) is 0 Å². The first-order valence-corrected chi connectivity index (χ1v) is 5.83. The van der Waals surface area contributed by atoms with Crippen LogP contribution in [0.25, 0.3) is 0 Å². The predicted molar refractivity (Wildman–Crippen MR) is 73.2 cm³/mol. The van der Waals surface area contributed by atoms with Gasteiger partial charge in [-0.1, -0.05) is 30.5 Å². The number of hydrogen-bond donors (Lipinski definition) is 1. The molecule has 1 aromatic rings. The van der Waals surface area contributed by atoms with E-state index in [1.165, 1.54) is 5.56 Å². The second-order valence-corrected chi connectivity index (χ2v) is 4.27. The van der Waals surface area contributed by atoms with Gasteiger partial charge in [-0.15, -0.1) is 17.8 Å². The standard InChI is InChI=1S/C15H17N2/c1-12-3-7-14(8-4-12)16-11-17-15-9-5-13(2)6-10-15/h3-12H,1-2H3,(H,16,17)/q-1. The van der Waals surface area contributed by atoms with E-state index in [0.29, 0.717) is 5.92 Å². The summed E-state index contributed by atoms with van der Waals surface area (Å²) in [6.45, 7) is 4.23. The molecule has 0 aromatic heterocycles. The van der Waals surface area contributed by atoms with E-state index in [-0.39, 0.29) is 0 Å². The Labute approximate surface area is 103 Å². The third-order valence-electron chi connectivity index (χ3n) is 2.64. The van der Waals surface area contributed by atoms with Crippen molar-refractivity contribution >= 4 is 12.0 Å². The molecule has 1 atom stereocenters. The SMILES string of the molecule is Cc1ccc(N=CNC2=C[CH-]C(C)C=C2)cc1. The Balaban J connectivity index is 1.90. The lowest BCUT2D eigenvalue weighted by Gasteiger charge is -2.20. The zero-order valence-corrected chi connectivity index (χ0v) is 10.2. The molecule has 2 rings (SSSR count). The van der Waals surface area contributed by atoms with E-state index >= 15 is 0 Å². The average molecular weight is 225 g/mol. The van der Waals surface area contributed by atoms with Gasteiger partial charge in [-0.3, -0.25) is 0 Å². The zero-order valence-electron chi connectivity index (χ0n) is 10.2. The Bertz CT molecular complexity index is 452. The predicted octanol–water partition coefficient (Wildman–Crippen LogP) is 3.54. The lowest BCUT2D eigenvalue weighted by Crippen LogP contribution is -2.11. The van der Waals surface area contributed by atoms with Crippen molar-refractivity contribution in [1.82, 2.24) is 5.32 Å². The third kappa shape index (κ3) is 3.52. The molecule has 0 amide bonds. The first-order chi connectivity index (χ1) is 8.24. The maximum Gasteiger partial charge on any atom is 0.0769 e. The molecule has 0 radical (unpaired) electrons. The minimum Gasteiger partial charge on any atom is -0.424 e. The number of aliphatic imine (C=N–C) groups is 1. The van der Waals surface area contributed by atoms with E-state index < -0.39 is 0 Å². The normalized spacial score (nSPS) is 18.9. The highest BCUT2D eigenvalue weighted by Gasteiger charge is 1.92. The highest BCUT2D eigenvalue weighted by atomic mass is 14.9. The summed E-state index contributed by atoms with van der Waals surface area (Å²) in [5.74, 6) is 0.523. The molecule has 0 heterocycles. The maximum atomic E-state index is 4.34. The number of rotatable bonds is 3. The van der Waals surface area contributed by atoms with Crippen LogP contribution >= 0.6 is 0 Å². The average Bonchev–Trinajstić information content (AvgIpc) is 2.34. The van der Waals surface area contributed by atoms with Gasteiger partial charge in [0.25, 0.3) is 0 Å². The van der Waals surface area contributed by atoms with Crippen LogP contribution in [0.4, 0.5) is 5.69 Å². The summed E-state index contributed by atoms with van der Waals surface area (Å²) in [4.78, 5) is 4.34. The summed E-state index contributed by atoms with van der Waals surface area (Å²) in [5.41, 5.74) is 3.28. The number of hydrogen-bond acceptors (Lipinski definition) is 1. The van der Waals surface area contributed by atoms with Gasteiger partial charge in [-0.2, -0.15) is 0 Å². The monoisotopic (exact) mass is 225 g/mol. The molecule has 0 spiro atoms. The summed E-state index contributed by atoms with van der Waals surface area (Å²) in [6, 6.07) is 8.13. The van der Waals surface area contributed by atoms with Crippen LogP contribution in [0.2, 0.25) is 0 Å². The molecule has 2 nitrogen and oxygen atoms in total. The van der Waals surface area contributed by atoms with E-state index in [2.05, 4.69) is 60.9 Å². The van der Waals surface area contributed by atoms with Crippen molar-refractivity contribution in [3.8, 4) is 0 Å². The number of nitrogens with one attached hydrogen (secondary N) is 1. The molecule has 0 bridgehead atoms. The van der Waals surface area contributed by atoms with Crippen LogP contribution in [0, 0.1) is 19.3 Å². The fourth-order valence-electron chi connectivity index (χ4n) is 1.54. The maximum absolute atomic E-state index is 4.34. The van der Waals surface area contributed by atoms with Crippen LogP contribution in [0.5, 0.6) is 0 Å². The fourth-order valence-corrected chi connectivity index (χ4v) is 1.54. The van der Waals surface area contributed by atoms with Gasteiger partial charge in [-0.05, 0) is 19.1 Å². The van der Waals surface area contributed by atoms with Gasteiger partial charge in [0.1, 0.15) is 0 Å². The minimum atomic E-state index is 0.523. The van der Waals surface area contributed by atoms with Crippen LogP contribution in [-0.2, 0) is 0 Å². The number of nitrogens with zero attached hydrogens (tertiary/aromatic N) is 1. The van der Waals surface area contributed by atoms with Crippen molar-refractivity contribution < 1.29 is 0 Å². The lowest BCUT2D eigenvalue weighted by molar-refractivity contribution is 0.864. The second kappa shape index (κ2) is 5.39. The summed E-state index contributed by atoms with van der Waals surface area (Å²) in [7, 11) is 0. The van der Waals surface area contributed by atoms with Crippen molar-refractivity contribution in [2.45, 2.75) is 13.8 Å². The molecular weight excluding hydrogens is 208 g/mol. The Morgan fingerprint density at radius 2 is 2.06 bits per heavy atom. The third-order valence-corrected chi connectivity index (χ3v) is 2.64. The van der Waals surface area contributed by atoms with Crippen LogP contribution in [-0.4, -0.2) is 6.34 Å². The van der Waals surface area contributed by atoms with Crippen LogP contribution < -0.4 is 5.32 Å². The molecular formula is C15H17N2-. The van der Waals surface area contributed by atoms with Gasteiger partial charge in [0.2, 0.25) is 0 Å². The highest BCUT2D eigenvalue weighted by Crippen LogP contribution is 2.13. The summed E-state index contributed by atoms with van der Waals surface area (Å²) in [5, 5.41) is 3.16. The molecule has 0 aliphatic heterocycles. The molecule has 17 heavy (non-hydrogen) atoms. The summed E-state index contributed by atoms with van der Waals surface area (Å²) >= 11 is 0. The van der Waals surface area contributed by atoms with Crippen molar-refractivity contribution in [3.63, 3.8) is 0 Å². The quantitative estimate of drug-likeness (QED) is 0.475. The van der Waals surface area contributed by atoms with Crippen molar-refractivity contribution in [3.05, 3.63) is 60.2 Å². The van der Waals surface area contributed by atoms with Gasteiger partial charge in [0, 0.05) is 0 Å². The molecule has 0 saturated heterocycles. The van der Waals surface area contributed by atoms with Gasteiger partial charge in [0.05, 0.1) is 12.0 Å². The molecule has 1 aliphatic rings. The molecule has 1 aromatic carbocycles. The van der Waals surface area contributed by atoms with Crippen LogP contribution in [0.1, 0.15) is 12.5 Å². The van der Waals surface area contributed by atoms with E-state index in [1.807, 2.05) is 12.1 Å². The first-order valence-electron chi connectivity index (χ1n) is 5.83. The molecule has 1 N–H and O–H groups in total. The number of benzene rings is 1. The molecule has 2 heteroatoms. The first kappa shape index (κ1) is 11.5. The minimum absolute atomic E-state index is 0.523. The topological polar surface area (TPSA) is 24.4 Å². The van der Waals surface area contributed by atoms with E-state index in [1.54, 1.807) is 6.34 Å². The Morgan fingerprint density at radius 1 is 1.29 bits per heavy atom. The van der Waals surface area contributed by atoms with Gasteiger partial charge < -0.3 is 5.32 Å². The van der Waals surface area contributed by atoms with E-state index in [4.69, 9.17) is 0 Å². The zero-order chi connectivity index (χ0) is 12.1. The highest BCUT2D eigenvalue weighted by molar-refractivity contribution is 5.64. The van der Waals surface area contributed by atoms with Crippen molar-refractivity contribution in [2.24, 2.45) is 10.9 Å². The summed E-state index contributed by atoms with van der Waals surface area (Å²) in [6.07, 6.45) is 10.2. The molecule has 88 valence electrons. The molecule has 1 aliphatic carbocycles. The van der Waals surface area contributed by atoms with Gasteiger partial charge in [0.15, 0.2) is 0 Å². The number of allylic oxidation sites excluding steroid dienone is 3. The Morgan fingerprint density at radius 3 is 2.71 bits per heavy atom.